The molecule has 0 unspecified atom stereocenters. The molecule has 1 aromatic carbocycles. The largest absolute Gasteiger partial charge is 0.497 e. The number of Topliss-reactive ketones (excluding diaryl/α,β-unsaturated/α-hetero) is 1. The summed E-state index contributed by atoms with van der Waals surface area (Å²) < 4.78 is 5.42. The van der Waals surface area contributed by atoms with Gasteiger partial charge in [-0.15, -0.1) is 0 Å². The van der Waals surface area contributed by atoms with Gasteiger partial charge in [-0.1, -0.05) is 31.6 Å². The Kier molecular flexibility index (Phi) is 7.47. The van der Waals surface area contributed by atoms with E-state index in [4.69, 9.17) is 4.74 Å². The summed E-state index contributed by atoms with van der Waals surface area (Å²) in [6.45, 7) is 11.5. The van der Waals surface area contributed by atoms with Crippen molar-refractivity contribution in [1.82, 2.24) is 0 Å². The number of hydrogen-bond donors (Lipinski definition) is 0. The number of ketones is 1. The van der Waals surface area contributed by atoms with Gasteiger partial charge in [0, 0.05) is 12.3 Å². The van der Waals surface area contributed by atoms with Crippen molar-refractivity contribution in [3.8, 4) is 5.75 Å². The molecule has 0 spiro atoms. The molecule has 0 aromatic heterocycles. The molecule has 2 nitrogen and oxygen atoms in total. The molecular formula is C28H42O2. The summed E-state index contributed by atoms with van der Waals surface area (Å²) in [5.41, 5.74) is 4.40. The average Bonchev–Trinajstić information content (AvgIpc) is 3.05. The molecule has 2 aliphatic carbocycles. The number of benzene rings is 1. The van der Waals surface area contributed by atoms with Crippen LogP contribution in [0.15, 0.2) is 29.8 Å². The normalized spacial score (nSPS) is 29.4. The van der Waals surface area contributed by atoms with E-state index in [0.717, 1.165) is 43.3 Å². The Morgan fingerprint density at radius 2 is 2.07 bits per heavy atom. The van der Waals surface area contributed by atoms with Crippen LogP contribution in [0.1, 0.15) is 83.8 Å². The first-order valence-electron chi connectivity index (χ1n) is 12.1. The minimum absolute atomic E-state index is 0.240. The average molecular weight is 411 g/mol. The SMILES string of the molecule is COc1ccc(C)c(CC[C@@H]2C(=O)CC[C@]3(C)[C@@H]([C@H](C)CCC=C(C)C)CC[C@H]23)c1. The fraction of sp³-hybridized carbons (Fsp3) is 0.679. The smallest absolute Gasteiger partial charge is 0.136 e. The van der Waals surface area contributed by atoms with Crippen LogP contribution in [0.2, 0.25) is 0 Å². The van der Waals surface area contributed by atoms with E-state index >= 15 is 0 Å². The Bertz CT molecular complexity index is 773. The minimum atomic E-state index is 0.240. The molecule has 0 radical (unpaired) electrons. The molecule has 0 aliphatic heterocycles. The lowest BCUT2D eigenvalue weighted by molar-refractivity contribution is -0.132. The van der Waals surface area contributed by atoms with Gasteiger partial charge in [0.05, 0.1) is 7.11 Å². The van der Waals surface area contributed by atoms with Crippen LogP contribution in [-0.4, -0.2) is 12.9 Å². The topological polar surface area (TPSA) is 26.3 Å². The molecule has 5 atom stereocenters. The summed E-state index contributed by atoms with van der Waals surface area (Å²) in [6, 6.07) is 6.32. The van der Waals surface area contributed by atoms with Crippen LogP contribution in [0.3, 0.4) is 0 Å². The number of aryl methyl sites for hydroxylation is 2. The van der Waals surface area contributed by atoms with Crippen LogP contribution in [0.5, 0.6) is 5.75 Å². The van der Waals surface area contributed by atoms with Crippen molar-refractivity contribution in [2.45, 2.75) is 86.0 Å². The zero-order valence-corrected chi connectivity index (χ0v) is 20.1. The van der Waals surface area contributed by atoms with Crippen molar-refractivity contribution in [3.05, 3.63) is 41.0 Å². The molecule has 0 saturated heterocycles. The summed E-state index contributed by atoms with van der Waals surface area (Å²) in [5.74, 6) is 3.76. The van der Waals surface area contributed by atoms with Crippen LogP contribution >= 0.6 is 0 Å². The predicted molar refractivity (Wildman–Crippen MR) is 126 cm³/mol. The maximum absolute atomic E-state index is 13.0. The molecule has 166 valence electrons. The molecule has 0 bridgehead atoms. The molecule has 3 rings (SSSR count). The molecule has 2 aliphatic rings. The number of methoxy groups -OCH3 is 1. The number of allylic oxidation sites excluding steroid dienone is 2. The Labute approximate surface area is 184 Å². The fourth-order valence-electron chi connectivity index (χ4n) is 6.62. The number of fused-ring (bicyclic) bond motifs is 1. The molecule has 2 fully saturated rings. The van der Waals surface area contributed by atoms with E-state index in [1.165, 1.54) is 42.4 Å². The van der Waals surface area contributed by atoms with Crippen molar-refractivity contribution < 1.29 is 9.53 Å². The van der Waals surface area contributed by atoms with Crippen molar-refractivity contribution in [1.29, 1.82) is 0 Å². The van der Waals surface area contributed by atoms with Gasteiger partial charge >= 0.3 is 0 Å². The Morgan fingerprint density at radius 1 is 1.30 bits per heavy atom. The van der Waals surface area contributed by atoms with E-state index in [1.54, 1.807) is 7.11 Å². The summed E-state index contributed by atoms with van der Waals surface area (Å²) >= 11 is 0. The van der Waals surface area contributed by atoms with Crippen LogP contribution in [0.25, 0.3) is 0 Å². The Morgan fingerprint density at radius 3 is 2.77 bits per heavy atom. The zero-order chi connectivity index (χ0) is 21.9. The molecule has 2 saturated carbocycles. The van der Waals surface area contributed by atoms with Crippen molar-refractivity contribution in [2.75, 3.05) is 7.11 Å². The van der Waals surface area contributed by atoms with Gasteiger partial charge in [-0.2, -0.15) is 0 Å². The molecule has 0 heterocycles. The highest BCUT2D eigenvalue weighted by atomic mass is 16.5. The number of hydrogen-bond acceptors (Lipinski definition) is 2. The lowest BCUT2D eigenvalue weighted by Gasteiger charge is -2.46. The maximum Gasteiger partial charge on any atom is 0.136 e. The summed E-state index contributed by atoms with van der Waals surface area (Å²) in [4.78, 5) is 13.0. The number of carbonyl (C=O) groups excluding carboxylic acids is 1. The van der Waals surface area contributed by atoms with Gasteiger partial charge in [0.2, 0.25) is 0 Å². The highest BCUT2D eigenvalue weighted by Gasteiger charge is 2.54. The van der Waals surface area contributed by atoms with E-state index in [9.17, 15) is 4.79 Å². The lowest BCUT2D eigenvalue weighted by Crippen LogP contribution is -2.43. The third kappa shape index (κ3) is 4.84. The second-order valence-corrected chi connectivity index (χ2v) is 10.5. The van der Waals surface area contributed by atoms with E-state index in [2.05, 4.69) is 52.8 Å². The highest BCUT2D eigenvalue weighted by molar-refractivity contribution is 5.82. The molecular weight excluding hydrogens is 368 g/mol. The van der Waals surface area contributed by atoms with Gasteiger partial charge in [0.1, 0.15) is 11.5 Å². The molecule has 0 amide bonds. The minimum Gasteiger partial charge on any atom is -0.497 e. The van der Waals surface area contributed by atoms with E-state index < -0.39 is 0 Å². The maximum atomic E-state index is 13.0. The van der Waals surface area contributed by atoms with Gasteiger partial charge < -0.3 is 4.74 Å². The van der Waals surface area contributed by atoms with Gasteiger partial charge in [-0.25, -0.2) is 0 Å². The first-order valence-corrected chi connectivity index (χ1v) is 12.1. The van der Waals surface area contributed by atoms with Crippen LogP contribution in [0, 0.1) is 36.0 Å². The molecule has 0 N–H and O–H groups in total. The van der Waals surface area contributed by atoms with Crippen molar-refractivity contribution >= 4 is 5.78 Å². The number of rotatable bonds is 8. The second kappa shape index (κ2) is 9.71. The summed E-state index contributed by atoms with van der Waals surface area (Å²) in [5, 5.41) is 0. The Hall–Kier alpha value is -1.57. The van der Waals surface area contributed by atoms with Crippen LogP contribution < -0.4 is 4.74 Å². The molecule has 30 heavy (non-hydrogen) atoms. The third-order valence-corrected chi connectivity index (χ3v) is 8.43. The quantitative estimate of drug-likeness (QED) is 0.419. The van der Waals surface area contributed by atoms with E-state index in [1.807, 2.05) is 6.07 Å². The fourth-order valence-corrected chi connectivity index (χ4v) is 6.62. The van der Waals surface area contributed by atoms with E-state index in [-0.39, 0.29) is 5.92 Å². The number of carbonyl (C=O) groups is 1. The monoisotopic (exact) mass is 410 g/mol. The second-order valence-electron chi connectivity index (χ2n) is 10.5. The van der Waals surface area contributed by atoms with Gasteiger partial charge in [-0.05, 0) is 112 Å². The standard InChI is InChI=1S/C28H42O2/c1-19(2)8-7-9-21(4)25-14-15-26-24(27(29)16-17-28(25,26)5)13-11-22-18-23(30-6)12-10-20(22)3/h8,10,12,18,21,24-26H,7,9,11,13-17H2,1-6H3/t21-,24+,25-,26-,28-/m1/s1. The van der Waals surface area contributed by atoms with Crippen LogP contribution in [0.4, 0.5) is 0 Å². The van der Waals surface area contributed by atoms with Crippen molar-refractivity contribution in [2.24, 2.45) is 29.1 Å². The molecule has 1 aromatic rings. The summed E-state index contributed by atoms with van der Waals surface area (Å²) in [7, 11) is 1.72. The Balaban J connectivity index is 1.70. The third-order valence-electron chi connectivity index (χ3n) is 8.43. The first kappa shape index (κ1) is 23.1. The van der Waals surface area contributed by atoms with Gasteiger partial charge in [-0.3, -0.25) is 4.79 Å². The number of ether oxygens (including phenoxy) is 1. The van der Waals surface area contributed by atoms with Gasteiger partial charge in [0.15, 0.2) is 0 Å². The zero-order valence-electron chi connectivity index (χ0n) is 20.1. The lowest BCUT2D eigenvalue weighted by atomic mass is 9.58. The van der Waals surface area contributed by atoms with Crippen molar-refractivity contribution in [3.63, 3.8) is 0 Å². The van der Waals surface area contributed by atoms with Crippen LogP contribution in [-0.2, 0) is 11.2 Å². The van der Waals surface area contributed by atoms with Gasteiger partial charge in [0.25, 0.3) is 0 Å². The van der Waals surface area contributed by atoms with E-state index in [0.29, 0.717) is 17.1 Å². The highest BCUT2D eigenvalue weighted by Crippen LogP contribution is 2.59. The molecule has 2 heteroatoms. The summed E-state index contributed by atoms with van der Waals surface area (Å²) in [6.07, 6.45) is 11.3. The predicted octanol–water partition coefficient (Wildman–Crippen LogP) is 7.33. The first-order chi connectivity index (χ1) is 14.3.